The summed E-state index contributed by atoms with van der Waals surface area (Å²) in [5.74, 6) is 0.365. The van der Waals surface area contributed by atoms with Gasteiger partial charge < -0.3 is 14.4 Å². The van der Waals surface area contributed by atoms with Gasteiger partial charge in [-0.05, 0) is 11.6 Å². The molecule has 1 N–H and O–H groups in total. The zero-order valence-electron chi connectivity index (χ0n) is 10.0. The molecule has 0 fully saturated rings. The van der Waals surface area contributed by atoms with Gasteiger partial charge in [0.25, 0.3) is 6.43 Å². The Hall–Kier alpha value is -2.04. The summed E-state index contributed by atoms with van der Waals surface area (Å²) in [4.78, 5) is 1.67. The lowest BCUT2D eigenvalue weighted by Crippen LogP contribution is -2.08. The Morgan fingerprint density at radius 2 is 2.00 bits per heavy atom. The summed E-state index contributed by atoms with van der Waals surface area (Å²) in [5.41, 5.74) is 0.836. The largest absolute Gasteiger partial charge is 0.504 e. The van der Waals surface area contributed by atoms with Crippen molar-refractivity contribution in [1.82, 2.24) is 0 Å². The first-order valence-corrected chi connectivity index (χ1v) is 5.37. The van der Waals surface area contributed by atoms with Crippen LogP contribution < -0.4 is 4.90 Å². The minimum atomic E-state index is -2.54. The van der Waals surface area contributed by atoms with Crippen LogP contribution in [0.15, 0.2) is 34.9 Å². The van der Waals surface area contributed by atoms with E-state index in [9.17, 15) is 13.9 Å². The van der Waals surface area contributed by atoms with E-state index in [2.05, 4.69) is 0 Å². The number of benzene rings is 1. The van der Waals surface area contributed by atoms with Crippen LogP contribution in [0.2, 0.25) is 0 Å². The van der Waals surface area contributed by atoms with Crippen molar-refractivity contribution in [2.24, 2.45) is 0 Å². The zero-order valence-corrected chi connectivity index (χ0v) is 10.0. The van der Waals surface area contributed by atoms with E-state index in [4.69, 9.17) is 4.42 Å². The molecule has 0 unspecified atom stereocenters. The quantitative estimate of drug-likeness (QED) is 0.906. The Morgan fingerprint density at radius 1 is 1.28 bits per heavy atom. The molecule has 2 aromatic rings. The van der Waals surface area contributed by atoms with Gasteiger partial charge in [-0.1, -0.05) is 18.2 Å². The number of furan rings is 1. The molecule has 0 aliphatic heterocycles. The van der Waals surface area contributed by atoms with Gasteiger partial charge >= 0.3 is 0 Å². The Bertz CT molecular complexity index is 550. The van der Waals surface area contributed by atoms with Crippen LogP contribution in [0, 0.1) is 0 Å². The van der Waals surface area contributed by atoms with E-state index in [-0.39, 0.29) is 11.3 Å². The van der Waals surface area contributed by atoms with Crippen molar-refractivity contribution in [3.05, 3.63) is 36.1 Å². The van der Waals surface area contributed by atoms with E-state index in [1.54, 1.807) is 25.1 Å². The van der Waals surface area contributed by atoms with E-state index >= 15 is 0 Å². The highest BCUT2D eigenvalue weighted by atomic mass is 19.3. The van der Waals surface area contributed by atoms with Crippen molar-refractivity contribution in [3.63, 3.8) is 0 Å². The van der Waals surface area contributed by atoms with Gasteiger partial charge in [-0.3, -0.25) is 0 Å². The number of aromatic hydroxyl groups is 1. The number of alkyl halides is 2. The minimum Gasteiger partial charge on any atom is -0.504 e. The molecule has 1 aromatic heterocycles. The molecule has 0 amide bonds. The summed E-state index contributed by atoms with van der Waals surface area (Å²) < 4.78 is 30.5. The topological polar surface area (TPSA) is 36.6 Å². The van der Waals surface area contributed by atoms with Crippen molar-refractivity contribution in [2.45, 2.75) is 6.43 Å². The lowest BCUT2D eigenvalue weighted by atomic mass is 10.0. The lowest BCUT2D eigenvalue weighted by molar-refractivity contribution is 0.151. The van der Waals surface area contributed by atoms with Crippen LogP contribution in [0.4, 0.5) is 14.7 Å². The van der Waals surface area contributed by atoms with Crippen molar-refractivity contribution < 1.29 is 18.3 Å². The molecule has 1 heterocycles. The van der Waals surface area contributed by atoms with Gasteiger partial charge in [-0.25, -0.2) is 8.78 Å². The summed E-state index contributed by atoms with van der Waals surface area (Å²) >= 11 is 0. The minimum absolute atomic E-state index is 0.0647. The summed E-state index contributed by atoms with van der Waals surface area (Å²) in [6.45, 7) is 0. The number of hydrogen-bond acceptors (Lipinski definition) is 3. The van der Waals surface area contributed by atoms with Crippen molar-refractivity contribution in [2.75, 3.05) is 19.0 Å². The lowest BCUT2D eigenvalue weighted by Gasteiger charge is -2.12. The third-order valence-corrected chi connectivity index (χ3v) is 2.59. The molecule has 3 nitrogen and oxygen atoms in total. The highest BCUT2D eigenvalue weighted by molar-refractivity contribution is 5.80. The zero-order chi connectivity index (χ0) is 13.3. The average Bonchev–Trinajstić information content (AvgIpc) is 2.71. The van der Waals surface area contributed by atoms with Crippen LogP contribution in [0.1, 0.15) is 12.0 Å². The van der Waals surface area contributed by atoms with Crippen LogP contribution in [-0.4, -0.2) is 19.2 Å². The molecule has 2 rings (SSSR count). The maximum absolute atomic E-state index is 12.7. The Labute approximate surface area is 103 Å². The number of halogens is 2. The first-order valence-electron chi connectivity index (χ1n) is 5.37. The summed E-state index contributed by atoms with van der Waals surface area (Å²) in [6.07, 6.45) is -1.35. The number of anilines is 1. The molecule has 18 heavy (non-hydrogen) atoms. The molecule has 0 aliphatic carbocycles. The van der Waals surface area contributed by atoms with E-state index in [0.717, 1.165) is 0 Å². The first-order chi connectivity index (χ1) is 8.50. The molecule has 0 radical (unpaired) electrons. The fraction of sp³-hybridized carbons (Fsp3) is 0.231. The molecule has 0 saturated heterocycles. The van der Waals surface area contributed by atoms with Gasteiger partial charge in [-0.15, -0.1) is 0 Å². The SMILES string of the molecule is CN(C)c1occ(O)c1-c1cccc(C(F)F)c1. The molecule has 0 aliphatic rings. The van der Waals surface area contributed by atoms with E-state index in [1.807, 2.05) is 0 Å². The van der Waals surface area contributed by atoms with Crippen LogP contribution >= 0.6 is 0 Å². The maximum atomic E-state index is 12.7. The van der Waals surface area contributed by atoms with Crippen molar-refractivity contribution >= 4 is 5.88 Å². The normalized spacial score (nSPS) is 10.9. The second-order valence-corrected chi connectivity index (χ2v) is 4.12. The average molecular weight is 253 g/mol. The van der Waals surface area contributed by atoms with Crippen molar-refractivity contribution in [1.29, 1.82) is 0 Å². The van der Waals surface area contributed by atoms with Crippen LogP contribution in [0.5, 0.6) is 5.75 Å². The van der Waals surface area contributed by atoms with Gasteiger partial charge in [0.05, 0.1) is 5.56 Å². The highest BCUT2D eigenvalue weighted by Crippen LogP contribution is 2.40. The number of rotatable bonds is 3. The highest BCUT2D eigenvalue weighted by Gasteiger charge is 2.18. The maximum Gasteiger partial charge on any atom is 0.263 e. The second-order valence-electron chi connectivity index (χ2n) is 4.12. The summed E-state index contributed by atoms with van der Waals surface area (Å²) in [7, 11) is 3.50. The van der Waals surface area contributed by atoms with Gasteiger partial charge in [0, 0.05) is 19.7 Å². The molecule has 1 aromatic carbocycles. The van der Waals surface area contributed by atoms with Gasteiger partial charge in [0.15, 0.2) is 5.75 Å². The van der Waals surface area contributed by atoms with Crippen LogP contribution in [0.25, 0.3) is 11.1 Å². The van der Waals surface area contributed by atoms with E-state index in [1.165, 1.54) is 24.5 Å². The predicted octanol–water partition coefficient (Wildman–Crippen LogP) is 3.66. The first kappa shape index (κ1) is 12.4. The van der Waals surface area contributed by atoms with E-state index < -0.39 is 6.43 Å². The summed E-state index contributed by atoms with van der Waals surface area (Å²) in [5, 5.41) is 9.76. The number of nitrogens with zero attached hydrogens (tertiary/aromatic N) is 1. The smallest absolute Gasteiger partial charge is 0.263 e. The van der Waals surface area contributed by atoms with Gasteiger partial charge in [0.1, 0.15) is 6.26 Å². The third-order valence-electron chi connectivity index (χ3n) is 2.59. The molecule has 0 atom stereocenters. The molecule has 96 valence electrons. The fourth-order valence-electron chi connectivity index (χ4n) is 1.77. The molecular formula is C13H13F2NO2. The predicted molar refractivity (Wildman–Crippen MR) is 65.1 cm³/mol. The number of hydrogen-bond donors (Lipinski definition) is 1. The second kappa shape index (κ2) is 4.68. The Kier molecular flexibility index (Phi) is 3.23. The van der Waals surface area contributed by atoms with Gasteiger partial charge in [-0.2, -0.15) is 0 Å². The van der Waals surface area contributed by atoms with Crippen molar-refractivity contribution in [3.8, 4) is 16.9 Å². The molecule has 0 saturated carbocycles. The molecular weight excluding hydrogens is 240 g/mol. The van der Waals surface area contributed by atoms with Crippen LogP contribution in [0.3, 0.4) is 0 Å². The van der Waals surface area contributed by atoms with Gasteiger partial charge in [0.2, 0.25) is 5.88 Å². The van der Waals surface area contributed by atoms with Crippen LogP contribution in [-0.2, 0) is 0 Å². The molecule has 5 heteroatoms. The summed E-state index contributed by atoms with van der Waals surface area (Å²) in [6, 6.07) is 5.88. The molecule has 0 spiro atoms. The Balaban J connectivity index is 2.54. The van der Waals surface area contributed by atoms with E-state index in [0.29, 0.717) is 17.0 Å². The molecule has 0 bridgehead atoms. The fourth-order valence-corrected chi connectivity index (χ4v) is 1.77. The Morgan fingerprint density at radius 3 is 2.61 bits per heavy atom. The standard InChI is InChI=1S/C13H13F2NO2/c1-16(2)13-11(10(17)7-18-13)8-4-3-5-9(6-8)12(14)15/h3-7,12,17H,1-2H3. The third kappa shape index (κ3) is 2.16. The monoisotopic (exact) mass is 253 g/mol.